The van der Waals surface area contributed by atoms with E-state index >= 15 is 0 Å². The van der Waals surface area contributed by atoms with Crippen molar-refractivity contribution in [1.29, 1.82) is 0 Å². The first-order chi connectivity index (χ1) is 15.4. The van der Waals surface area contributed by atoms with Gasteiger partial charge in [-0.1, -0.05) is 6.07 Å². The lowest BCUT2D eigenvalue weighted by molar-refractivity contribution is 0.0303. The summed E-state index contributed by atoms with van der Waals surface area (Å²) in [7, 11) is -3.44. The number of H-pyrrole nitrogens is 1. The Morgan fingerprint density at radius 2 is 1.88 bits per heavy atom. The average Bonchev–Trinajstić information content (AvgIpc) is 3.29. The number of aromatic nitrogens is 3. The molecule has 1 saturated heterocycles. The number of fused-ring (bicyclic) bond motifs is 3. The Labute approximate surface area is 184 Å². The fraction of sp³-hybridized carbons (Fsp3) is 0.227. The topological polar surface area (TPSA) is 117 Å². The van der Waals surface area contributed by atoms with Crippen LogP contribution in [-0.2, 0) is 14.6 Å². The van der Waals surface area contributed by atoms with E-state index in [1.165, 1.54) is 6.26 Å². The summed E-state index contributed by atoms with van der Waals surface area (Å²) in [5.74, 6) is 0.496. The highest BCUT2D eigenvalue weighted by Crippen LogP contribution is 2.33. The number of benzene rings is 2. The van der Waals surface area contributed by atoms with Crippen molar-refractivity contribution in [2.45, 2.75) is 4.90 Å². The molecule has 1 fully saturated rings. The summed E-state index contributed by atoms with van der Waals surface area (Å²) in [5.41, 5.74) is 2.49. The molecule has 32 heavy (non-hydrogen) atoms. The number of pyridine rings is 1. The third-order valence-electron chi connectivity index (χ3n) is 5.47. The summed E-state index contributed by atoms with van der Waals surface area (Å²) in [6.45, 7) is 2.29. The van der Waals surface area contributed by atoms with Crippen LogP contribution in [-0.4, -0.2) is 67.0 Å². The van der Waals surface area contributed by atoms with E-state index in [9.17, 15) is 13.2 Å². The molecule has 0 bridgehead atoms. The van der Waals surface area contributed by atoms with E-state index in [2.05, 4.69) is 20.5 Å². The predicted molar refractivity (Wildman–Crippen MR) is 121 cm³/mol. The number of hydrogen-bond donors (Lipinski definition) is 2. The van der Waals surface area contributed by atoms with Gasteiger partial charge >= 0.3 is 0 Å². The second-order valence-electron chi connectivity index (χ2n) is 7.65. The highest BCUT2D eigenvalue weighted by Gasteiger charge is 2.20. The number of amides is 1. The zero-order valence-corrected chi connectivity index (χ0v) is 18.1. The number of carbonyl (C=O) groups is 1. The smallest absolute Gasteiger partial charge is 0.254 e. The van der Waals surface area contributed by atoms with E-state index in [1.807, 2.05) is 12.1 Å². The van der Waals surface area contributed by atoms with E-state index in [4.69, 9.17) is 4.74 Å². The number of sulfone groups is 1. The maximum atomic E-state index is 12.6. The molecule has 0 unspecified atom stereocenters. The Morgan fingerprint density at radius 3 is 2.59 bits per heavy atom. The second kappa shape index (κ2) is 7.88. The van der Waals surface area contributed by atoms with E-state index in [0.717, 1.165) is 5.69 Å². The number of ether oxygens (including phenoxy) is 1. The Morgan fingerprint density at radius 1 is 1.12 bits per heavy atom. The van der Waals surface area contributed by atoms with Gasteiger partial charge in [0, 0.05) is 41.4 Å². The van der Waals surface area contributed by atoms with Crippen molar-refractivity contribution in [3.05, 3.63) is 54.2 Å². The molecule has 164 valence electrons. The van der Waals surface area contributed by atoms with Crippen LogP contribution in [0, 0.1) is 0 Å². The molecular formula is C22H21N5O4S. The van der Waals surface area contributed by atoms with Gasteiger partial charge in [-0.3, -0.25) is 9.89 Å². The molecular weight excluding hydrogens is 430 g/mol. The molecule has 1 amide bonds. The van der Waals surface area contributed by atoms with Gasteiger partial charge in [-0.2, -0.15) is 5.10 Å². The highest BCUT2D eigenvalue weighted by atomic mass is 32.2. The summed E-state index contributed by atoms with van der Waals surface area (Å²) in [4.78, 5) is 19.3. The first-order valence-electron chi connectivity index (χ1n) is 10.1. The summed E-state index contributed by atoms with van der Waals surface area (Å²) in [5, 5.41) is 11.5. The van der Waals surface area contributed by atoms with Crippen LogP contribution in [0.2, 0.25) is 0 Å². The number of hydrogen-bond acceptors (Lipinski definition) is 7. The number of aromatic amines is 1. The van der Waals surface area contributed by atoms with Gasteiger partial charge in [0.25, 0.3) is 5.91 Å². The van der Waals surface area contributed by atoms with Gasteiger partial charge in [0.05, 0.1) is 29.8 Å². The lowest BCUT2D eigenvalue weighted by Crippen LogP contribution is -2.40. The van der Waals surface area contributed by atoms with Gasteiger partial charge in [0.1, 0.15) is 5.52 Å². The Balaban J connectivity index is 1.49. The van der Waals surface area contributed by atoms with Gasteiger partial charge < -0.3 is 15.0 Å². The number of anilines is 2. The number of nitrogens with one attached hydrogen (secondary N) is 2. The monoisotopic (exact) mass is 451 g/mol. The van der Waals surface area contributed by atoms with Crippen molar-refractivity contribution in [2.75, 3.05) is 37.9 Å². The van der Waals surface area contributed by atoms with Crippen molar-refractivity contribution < 1.29 is 17.9 Å². The van der Waals surface area contributed by atoms with E-state index < -0.39 is 9.84 Å². The molecule has 1 aliphatic rings. The first-order valence-corrected chi connectivity index (χ1v) is 12.0. The van der Waals surface area contributed by atoms with E-state index in [0.29, 0.717) is 59.5 Å². The Kier molecular flexibility index (Phi) is 5.03. The van der Waals surface area contributed by atoms with Crippen molar-refractivity contribution in [2.24, 2.45) is 0 Å². The van der Waals surface area contributed by atoms with E-state index in [-0.39, 0.29) is 10.8 Å². The zero-order valence-electron chi connectivity index (χ0n) is 17.3. The van der Waals surface area contributed by atoms with E-state index in [1.54, 1.807) is 41.4 Å². The minimum Gasteiger partial charge on any atom is -0.378 e. The third kappa shape index (κ3) is 3.67. The molecule has 0 saturated carbocycles. The molecule has 0 spiro atoms. The number of carbonyl (C=O) groups excluding carboxylic acids is 1. The summed E-state index contributed by atoms with van der Waals surface area (Å²) in [6.07, 6.45) is 2.78. The predicted octanol–water partition coefficient (Wildman–Crippen LogP) is 2.73. The fourth-order valence-electron chi connectivity index (χ4n) is 3.90. The number of morpholine rings is 1. The maximum Gasteiger partial charge on any atom is 0.254 e. The molecule has 4 aromatic rings. The van der Waals surface area contributed by atoms with Crippen LogP contribution in [0.3, 0.4) is 0 Å². The van der Waals surface area contributed by atoms with Crippen LogP contribution in [0.25, 0.3) is 21.8 Å². The molecule has 2 aromatic heterocycles. The minimum absolute atomic E-state index is 0.0204. The molecule has 3 heterocycles. The summed E-state index contributed by atoms with van der Waals surface area (Å²) < 4.78 is 29.9. The third-order valence-corrected chi connectivity index (χ3v) is 6.61. The quantitative estimate of drug-likeness (QED) is 0.490. The molecule has 9 nitrogen and oxygen atoms in total. The Bertz CT molecular complexity index is 1420. The number of nitrogens with zero attached hydrogens (tertiary/aromatic N) is 3. The highest BCUT2D eigenvalue weighted by molar-refractivity contribution is 7.91. The molecule has 5 rings (SSSR count). The minimum atomic E-state index is -3.44. The summed E-state index contributed by atoms with van der Waals surface area (Å²) in [6, 6.07) is 12.2. The number of rotatable bonds is 4. The van der Waals surface area contributed by atoms with Crippen LogP contribution in [0.4, 0.5) is 11.5 Å². The molecule has 0 atom stereocenters. The van der Waals surface area contributed by atoms with Gasteiger partial charge in [-0.25, -0.2) is 13.4 Å². The van der Waals surface area contributed by atoms with Crippen molar-refractivity contribution in [3.8, 4) is 0 Å². The van der Waals surface area contributed by atoms with Crippen LogP contribution in [0.15, 0.2) is 53.6 Å². The first kappa shape index (κ1) is 20.4. The zero-order chi connectivity index (χ0) is 22.3. The lowest BCUT2D eigenvalue weighted by atomic mass is 10.1. The normalized spacial score (nSPS) is 14.7. The van der Waals surface area contributed by atoms with Crippen LogP contribution >= 0.6 is 0 Å². The molecule has 2 aromatic carbocycles. The average molecular weight is 452 g/mol. The largest absolute Gasteiger partial charge is 0.378 e. The molecule has 2 N–H and O–H groups in total. The molecule has 10 heteroatoms. The molecule has 0 radical (unpaired) electrons. The van der Waals surface area contributed by atoms with Gasteiger partial charge in [0.2, 0.25) is 0 Å². The fourth-order valence-corrected chi connectivity index (χ4v) is 4.81. The Hall–Kier alpha value is -3.50. The standard InChI is InChI=1S/C22H21N5O4S/c1-32(29,30)18-4-2-3-17-19(18)16-13-23-26-20(16)21(25-17)24-15-7-5-14(6-8-15)22(28)27-9-11-31-12-10-27/h2-8,13H,9-12H2,1H3,(H,23,26)(H,24,25). The van der Waals surface area contributed by atoms with Gasteiger partial charge in [0.15, 0.2) is 15.7 Å². The molecule has 1 aliphatic heterocycles. The van der Waals surface area contributed by atoms with Crippen molar-refractivity contribution in [3.63, 3.8) is 0 Å². The maximum absolute atomic E-state index is 12.6. The van der Waals surface area contributed by atoms with Crippen molar-refractivity contribution >= 4 is 49.1 Å². The van der Waals surface area contributed by atoms with Crippen LogP contribution in [0.5, 0.6) is 0 Å². The molecule has 0 aliphatic carbocycles. The summed E-state index contributed by atoms with van der Waals surface area (Å²) >= 11 is 0. The SMILES string of the molecule is CS(=O)(=O)c1cccc2nc(Nc3ccc(C(=O)N4CCOCC4)cc3)c3[nH]ncc3c12. The van der Waals surface area contributed by atoms with Gasteiger partial charge in [-0.05, 0) is 36.4 Å². The van der Waals surface area contributed by atoms with Crippen LogP contribution in [0.1, 0.15) is 10.4 Å². The van der Waals surface area contributed by atoms with Crippen molar-refractivity contribution in [1.82, 2.24) is 20.1 Å². The van der Waals surface area contributed by atoms with Gasteiger partial charge in [-0.15, -0.1) is 0 Å². The van der Waals surface area contributed by atoms with Crippen LogP contribution < -0.4 is 5.32 Å². The second-order valence-corrected chi connectivity index (χ2v) is 9.63. The lowest BCUT2D eigenvalue weighted by Gasteiger charge is -2.26.